The summed E-state index contributed by atoms with van der Waals surface area (Å²) in [6, 6.07) is 11.7. The zero-order valence-corrected chi connectivity index (χ0v) is 19.5. The van der Waals surface area contributed by atoms with E-state index in [1.165, 1.54) is 46.0 Å². The predicted octanol–water partition coefficient (Wildman–Crippen LogP) is 3.45. The molecule has 3 heterocycles. The second-order valence-corrected chi connectivity index (χ2v) is 11.5. The van der Waals surface area contributed by atoms with Gasteiger partial charge in [0, 0.05) is 32.1 Å². The summed E-state index contributed by atoms with van der Waals surface area (Å²) >= 11 is 1.24. The molecule has 0 atom stereocenters. The molecule has 1 aromatic carbocycles. The average molecular weight is 462 g/mol. The topological polar surface area (TPSA) is 69.7 Å². The van der Waals surface area contributed by atoms with Gasteiger partial charge in [-0.2, -0.15) is 4.31 Å². The van der Waals surface area contributed by atoms with E-state index in [0.29, 0.717) is 36.7 Å². The first-order valence-electron chi connectivity index (χ1n) is 11.1. The molecule has 0 radical (unpaired) electrons. The van der Waals surface area contributed by atoms with Gasteiger partial charge >= 0.3 is 0 Å². The van der Waals surface area contributed by atoms with Crippen LogP contribution in [-0.4, -0.2) is 49.7 Å². The normalized spacial score (nSPS) is 19.4. The van der Waals surface area contributed by atoms with Crippen molar-refractivity contribution >= 4 is 27.3 Å². The lowest BCUT2D eigenvalue weighted by molar-refractivity contribution is -0.126. The molecule has 6 nitrogen and oxygen atoms in total. The summed E-state index contributed by atoms with van der Waals surface area (Å²) < 4.78 is 27.2. The van der Waals surface area contributed by atoms with Crippen molar-refractivity contribution in [3.05, 3.63) is 52.9 Å². The number of benzene rings is 1. The number of likely N-dealkylation sites (tertiary alicyclic amines) is 1. The van der Waals surface area contributed by atoms with E-state index in [2.05, 4.69) is 28.4 Å². The summed E-state index contributed by atoms with van der Waals surface area (Å²) in [5.74, 6) is -0.106. The SMILES string of the molecule is O=C(NCc1ccccc1CN1CCCCC1)C1CCN(S(=O)(=O)c2cccs2)CC1. The van der Waals surface area contributed by atoms with Crippen molar-refractivity contribution < 1.29 is 13.2 Å². The third-order valence-corrected chi connectivity index (χ3v) is 9.60. The Morgan fingerprint density at radius 2 is 1.68 bits per heavy atom. The molecule has 0 unspecified atom stereocenters. The summed E-state index contributed by atoms with van der Waals surface area (Å²) in [6.07, 6.45) is 4.97. The summed E-state index contributed by atoms with van der Waals surface area (Å²) in [5, 5.41) is 4.88. The van der Waals surface area contributed by atoms with E-state index in [-0.39, 0.29) is 11.8 Å². The van der Waals surface area contributed by atoms with Crippen molar-refractivity contribution in [2.24, 2.45) is 5.92 Å². The van der Waals surface area contributed by atoms with Gasteiger partial charge in [-0.25, -0.2) is 8.42 Å². The smallest absolute Gasteiger partial charge is 0.252 e. The number of hydrogen-bond acceptors (Lipinski definition) is 5. The molecule has 1 amide bonds. The van der Waals surface area contributed by atoms with Gasteiger partial charge in [-0.15, -0.1) is 11.3 Å². The number of rotatable bonds is 7. The maximum absolute atomic E-state index is 12.8. The first kappa shape index (κ1) is 22.5. The molecule has 0 bridgehead atoms. The van der Waals surface area contributed by atoms with Gasteiger partial charge in [-0.05, 0) is 61.3 Å². The highest BCUT2D eigenvalue weighted by Gasteiger charge is 2.32. The Kier molecular flexibility index (Phi) is 7.43. The van der Waals surface area contributed by atoms with Crippen molar-refractivity contribution in [2.75, 3.05) is 26.2 Å². The summed E-state index contributed by atoms with van der Waals surface area (Å²) in [7, 11) is -3.43. The van der Waals surface area contributed by atoms with Gasteiger partial charge in [-0.3, -0.25) is 9.69 Å². The van der Waals surface area contributed by atoms with E-state index >= 15 is 0 Å². The van der Waals surface area contributed by atoms with Crippen LogP contribution in [0.4, 0.5) is 0 Å². The van der Waals surface area contributed by atoms with Crippen LogP contribution < -0.4 is 5.32 Å². The second kappa shape index (κ2) is 10.3. The van der Waals surface area contributed by atoms with Crippen molar-refractivity contribution in [3.8, 4) is 0 Å². The standard InChI is InChI=1S/C23H31N3O3S2/c27-23(19-10-14-26(15-11-19)31(28,29)22-9-6-16-30-22)24-17-20-7-2-3-8-21(20)18-25-12-4-1-5-13-25/h2-3,6-9,16,19H,1,4-5,10-15,17-18H2,(H,24,27). The van der Waals surface area contributed by atoms with E-state index in [4.69, 9.17) is 0 Å². The Morgan fingerprint density at radius 1 is 0.968 bits per heavy atom. The molecule has 2 fully saturated rings. The van der Waals surface area contributed by atoms with Crippen LogP contribution in [0.15, 0.2) is 46.0 Å². The Labute approximate surface area is 189 Å². The molecule has 2 aliphatic heterocycles. The maximum Gasteiger partial charge on any atom is 0.252 e. The number of thiophene rings is 1. The van der Waals surface area contributed by atoms with E-state index in [1.54, 1.807) is 17.5 Å². The lowest BCUT2D eigenvalue weighted by atomic mass is 9.97. The zero-order valence-electron chi connectivity index (χ0n) is 17.8. The van der Waals surface area contributed by atoms with Crippen molar-refractivity contribution in [3.63, 3.8) is 0 Å². The van der Waals surface area contributed by atoms with Crippen molar-refractivity contribution in [1.29, 1.82) is 0 Å². The molecule has 168 valence electrons. The second-order valence-electron chi connectivity index (χ2n) is 8.43. The molecule has 1 N–H and O–H groups in total. The number of amides is 1. The monoisotopic (exact) mass is 461 g/mol. The van der Waals surface area contributed by atoms with E-state index in [9.17, 15) is 13.2 Å². The first-order chi connectivity index (χ1) is 15.0. The maximum atomic E-state index is 12.8. The molecule has 2 aliphatic rings. The molecule has 31 heavy (non-hydrogen) atoms. The third kappa shape index (κ3) is 5.55. The van der Waals surface area contributed by atoms with Crippen molar-refractivity contribution in [1.82, 2.24) is 14.5 Å². The van der Waals surface area contributed by atoms with Gasteiger partial charge < -0.3 is 5.32 Å². The lowest BCUT2D eigenvalue weighted by Gasteiger charge is -2.30. The first-order valence-corrected chi connectivity index (χ1v) is 13.5. The molecule has 4 rings (SSSR count). The number of hydrogen-bond donors (Lipinski definition) is 1. The fraction of sp³-hybridized carbons (Fsp3) is 0.522. The number of piperidine rings is 2. The molecule has 0 saturated carbocycles. The Balaban J connectivity index is 1.29. The number of sulfonamides is 1. The third-order valence-electron chi connectivity index (χ3n) is 6.33. The van der Waals surface area contributed by atoms with Gasteiger partial charge in [0.15, 0.2) is 0 Å². The van der Waals surface area contributed by atoms with Gasteiger partial charge in [-0.1, -0.05) is 36.8 Å². The number of nitrogens with one attached hydrogen (secondary N) is 1. The largest absolute Gasteiger partial charge is 0.352 e. The molecule has 1 aromatic heterocycles. The lowest BCUT2D eigenvalue weighted by Crippen LogP contribution is -2.42. The highest BCUT2D eigenvalue weighted by atomic mass is 32.2. The van der Waals surface area contributed by atoms with Crippen LogP contribution in [-0.2, 0) is 27.9 Å². The summed E-state index contributed by atoms with van der Waals surface area (Å²) in [5.41, 5.74) is 2.45. The van der Waals surface area contributed by atoms with Crippen LogP contribution in [0.2, 0.25) is 0 Å². The molecule has 0 aliphatic carbocycles. The minimum atomic E-state index is -3.43. The Hall–Kier alpha value is -1.74. The van der Waals surface area contributed by atoms with E-state index in [0.717, 1.165) is 19.6 Å². The van der Waals surface area contributed by atoms with Crippen molar-refractivity contribution in [2.45, 2.75) is 49.4 Å². The minimum Gasteiger partial charge on any atom is -0.352 e. The Morgan fingerprint density at radius 3 is 2.35 bits per heavy atom. The highest BCUT2D eigenvalue weighted by molar-refractivity contribution is 7.91. The molecular formula is C23H31N3O3S2. The van der Waals surface area contributed by atoms with Gasteiger partial charge in [0.25, 0.3) is 10.0 Å². The van der Waals surface area contributed by atoms with Gasteiger partial charge in [0.2, 0.25) is 5.91 Å². The molecular weight excluding hydrogens is 430 g/mol. The van der Waals surface area contributed by atoms with Gasteiger partial charge in [0.1, 0.15) is 4.21 Å². The molecule has 2 aromatic rings. The molecule has 2 saturated heterocycles. The van der Waals surface area contributed by atoms with Gasteiger partial charge in [0.05, 0.1) is 0 Å². The molecule has 0 spiro atoms. The number of nitrogens with zero attached hydrogens (tertiary/aromatic N) is 2. The van der Waals surface area contributed by atoms with E-state index in [1.807, 2.05) is 6.07 Å². The molecule has 8 heteroatoms. The predicted molar refractivity (Wildman–Crippen MR) is 123 cm³/mol. The van der Waals surface area contributed by atoms with E-state index < -0.39 is 10.0 Å². The van der Waals surface area contributed by atoms with Crippen LogP contribution in [0.1, 0.15) is 43.2 Å². The van der Waals surface area contributed by atoms with Crippen LogP contribution in [0.25, 0.3) is 0 Å². The fourth-order valence-electron chi connectivity index (χ4n) is 4.47. The number of carbonyl (C=O) groups excluding carboxylic acids is 1. The van der Waals surface area contributed by atoms with Crippen LogP contribution >= 0.6 is 11.3 Å². The summed E-state index contributed by atoms with van der Waals surface area (Å²) in [4.78, 5) is 15.3. The van der Waals surface area contributed by atoms with Crippen LogP contribution in [0, 0.1) is 5.92 Å². The summed E-state index contributed by atoms with van der Waals surface area (Å²) in [6.45, 7) is 4.54. The highest BCUT2D eigenvalue weighted by Crippen LogP contribution is 2.26. The number of carbonyl (C=O) groups is 1. The zero-order chi connectivity index (χ0) is 21.7. The quantitative estimate of drug-likeness (QED) is 0.686. The van der Waals surface area contributed by atoms with Crippen LogP contribution in [0.5, 0.6) is 0 Å². The Bertz CT molecular complexity index is 962. The average Bonchev–Trinajstić information content (AvgIpc) is 3.35. The minimum absolute atomic E-state index is 0.0287. The van der Waals surface area contributed by atoms with Crippen LogP contribution in [0.3, 0.4) is 0 Å². The fourth-order valence-corrected chi connectivity index (χ4v) is 7.08.